The summed E-state index contributed by atoms with van der Waals surface area (Å²) in [5.41, 5.74) is 1.80. The second-order valence-corrected chi connectivity index (χ2v) is 4.79. The zero-order valence-electron chi connectivity index (χ0n) is 9.45. The molecule has 2 aromatic carbocycles. The predicted molar refractivity (Wildman–Crippen MR) is 73.4 cm³/mol. The standard InChI is InChI=1S/C13H7ClF2N2S/c14-8-2-1-3-11-12(8)18(13(19)17-11)7-4-5-9(15)10(16)6-7/h1-6H,(H,17,19). The molecule has 0 saturated heterocycles. The van der Waals surface area contributed by atoms with Crippen LogP contribution >= 0.6 is 23.8 Å². The molecule has 0 radical (unpaired) electrons. The van der Waals surface area contributed by atoms with Crippen molar-refractivity contribution in [3.05, 3.63) is 57.8 Å². The van der Waals surface area contributed by atoms with Crippen molar-refractivity contribution in [3.63, 3.8) is 0 Å². The maximum absolute atomic E-state index is 13.3. The van der Waals surface area contributed by atoms with E-state index in [1.54, 1.807) is 16.7 Å². The quantitative estimate of drug-likeness (QED) is 0.650. The second-order valence-electron chi connectivity index (χ2n) is 4.00. The first-order chi connectivity index (χ1) is 9.08. The number of hydrogen-bond acceptors (Lipinski definition) is 1. The topological polar surface area (TPSA) is 20.7 Å². The van der Waals surface area contributed by atoms with Gasteiger partial charge in [0.05, 0.1) is 21.7 Å². The van der Waals surface area contributed by atoms with Crippen LogP contribution in [-0.4, -0.2) is 9.55 Å². The number of aromatic nitrogens is 2. The monoisotopic (exact) mass is 296 g/mol. The molecule has 0 amide bonds. The molecule has 3 aromatic rings. The third-order valence-corrected chi connectivity index (χ3v) is 3.41. The summed E-state index contributed by atoms with van der Waals surface area (Å²) in [5, 5.41) is 0.481. The first-order valence-corrected chi connectivity index (χ1v) is 6.21. The van der Waals surface area contributed by atoms with Crippen LogP contribution in [-0.2, 0) is 0 Å². The van der Waals surface area contributed by atoms with Gasteiger partial charge in [0.1, 0.15) is 0 Å². The van der Waals surface area contributed by atoms with Crippen molar-refractivity contribution in [2.75, 3.05) is 0 Å². The molecule has 1 heterocycles. The highest BCUT2D eigenvalue weighted by Crippen LogP contribution is 2.26. The van der Waals surface area contributed by atoms with E-state index in [1.165, 1.54) is 6.07 Å². The molecule has 3 rings (SSSR count). The van der Waals surface area contributed by atoms with Crippen molar-refractivity contribution >= 4 is 34.9 Å². The Morgan fingerprint density at radius 2 is 1.89 bits per heavy atom. The van der Waals surface area contributed by atoms with Gasteiger partial charge in [-0.25, -0.2) is 8.78 Å². The lowest BCUT2D eigenvalue weighted by atomic mass is 10.2. The third-order valence-electron chi connectivity index (χ3n) is 2.82. The lowest BCUT2D eigenvalue weighted by Crippen LogP contribution is -1.96. The Balaban J connectivity index is 2.39. The van der Waals surface area contributed by atoms with E-state index in [0.29, 0.717) is 21.0 Å². The number of nitrogens with zero attached hydrogens (tertiary/aromatic N) is 1. The lowest BCUT2D eigenvalue weighted by molar-refractivity contribution is 0.508. The van der Waals surface area contributed by atoms with E-state index in [2.05, 4.69) is 4.98 Å². The number of para-hydroxylation sites is 1. The Bertz CT molecular complexity index is 838. The van der Waals surface area contributed by atoms with E-state index < -0.39 is 11.6 Å². The minimum atomic E-state index is -0.930. The van der Waals surface area contributed by atoms with Gasteiger partial charge in [0.25, 0.3) is 0 Å². The van der Waals surface area contributed by atoms with Crippen molar-refractivity contribution in [2.45, 2.75) is 0 Å². The van der Waals surface area contributed by atoms with Crippen LogP contribution in [0.15, 0.2) is 36.4 Å². The molecule has 0 aliphatic rings. The highest BCUT2D eigenvalue weighted by Gasteiger charge is 2.11. The molecule has 19 heavy (non-hydrogen) atoms. The van der Waals surface area contributed by atoms with E-state index in [9.17, 15) is 8.78 Å². The van der Waals surface area contributed by atoms with Gasteiger partial charge in [0.15, 0.2) is 16.4 Å². The molecular formula is C13H7ClF2N2S. The maximum Gasteiger partial charge on any atom is 0.182 e. The van der Waals surface area contributed by atoms with Crippen molar-refractivity contribution < 1.29 is 8.78 Å². The van der Waals surface area contributed by atoms with Gasteiger partial charge in [-0.3, -0.25) is 4.57 Å². The van der Waals surface area contributed by atoms with Gasteiger partial charge in [-0.2, -0.15) is 0 Å². The molecule has 0 saturated carbocycles. The number of hydrogen-bond donors (Lipinski definition) is 1. The fraction of sp³-hybridized carbons (Fsp3) is 0. The molecule has 0 fully saturated rings. The van der Waals surface area contributed by atoms with Gasteiger partial charge in [0.2, 0.25) is 0 Å². The SMILES string of the molecule is Fc1ccc(-n2c(=S)[nH]c3cccc(Cl)c32)cc1F. The van der Waals surface area contributed by atoms with E-state index in [-0.39, 0.29) is 0 Å². The average molecular weight is 297 g/mol. The molecule has 0 aliphatic carbocycles. The fourth-order valence-electron chi connectivity index (χ4n) is 1.99. The summed E-state index contributed by atoms with van der Waals surface area (Å²) in [5.74, 6) is -1.83. The van der Waals surface area contributed by atoms with Crippen LogP contribution in [0.25, 0.3) is 16.7 Å². The van der Waals surface area contributed by atoms with Crippen LogP contribution in [0, 0.1) is 16.4 Å². The average Bonchev–Trinajstić information content (AvgIpc) is 2.70. The van der Waals surface area contributed by atoms with Crippen molar-refractivity contribution in [2.24, 2.45) is 0 Å². The predicted octanol–water partition coefficient (Wildman–Crippen LogP) is 4.62. The summed E-state index contributed by atoms with van der Waals surface area (Å²) in [6.45, 7) is 0. The minimum Gasteiger partial charge on any atom is -0.330 e. The van der Waals surface area contributed by atoms with Crippen LogP contribution < -0.4 is 0 Å². The number of rotatable bonds is 1. The van der Waals surface area contributed by atoms with Gasteiger partial charge >= 0.3 is 0 Å². The smallest absolute Gasteiger partial charge is 0.182 e. The Labute approximate surface area is 117 Å². The number of aromatic amines is 1. The van der Waals surface area contributed by atoms with Crippen LogP contribution in [0.4, 0.5) is 8.78 Å². The van der Waals surface area contributed by atoms with E-state index in [1.807, 2.05) is 6.07 Å². The zero-order chi connectivity index (χ0) is 13.6. The molecule has 6 heteroatoms. The fourth-order valence-corrected chi connectivity index (χ4v) is 2.55. The lowest BCUT2D eigenvalue weighted by Gasteiger charge is -2.06. The molecule has 0 bridgehead atoms. The molecule has 2 nitrogen and oxygen atoms in total. The maximum atomic E-state index is 13.3. The molecule has 0 unspecified atom stereocenters. The summed E-state index contributed by atoms with van der Waals surface area (Å²) in [4.78, 5) is 2.98. The number of imidazole rings is 1. The summed E-state index contributed by atoms with van der Waals surface area (Å²) < 4.78 is 28.3. The van der Waals surface area contributed by atoms with Crippen molar-refractivity contribution in [1.82, 2.24) is 9.55 Å². The Morgan fingerprint density at radius 3 is 2.63 bits per heavy atom. The Morgan fingerprint density at radius 1 is 1.11 bits per heavy atom. The van der Waals surface area contributed by atoms with E-state index >= 15 is 0 Å². The van der Waals surface area contributed by atoms with Gasteiger partial charge in [-0.15, -0.1) is 0 Å². The molecular weight excluding hydrogens is 290 g/mol. The molecule has 0 spiro atoms. The van der Waals surface area contributed by atoms with E-state index in [4.69, 9.17) is 23.8 Å². The highest BCUT2D eigenvalue weighted by atomic mass is 35.5. The van der Waals surface area contributed by atoms with Gasteiger partial charge in [-0.1, -0.05) is 17.7 Å². The molecule has 96 valence electrons. The molecule has 1 aromatic heterocycles. The minimum absolute atomic E-state index is 0.370. The normalized spacial score (nSPS) is 11.1. The second kappa shape index (κ2) is 4.43. The first-order valence-electron chi connectivity index (χ1n) is 5.42. The Hall–Kier alpha value is -1.72. The number of fused-ring (bicyclic) bond motifs is 1. The third kappa shape index (κ3) is 1.95. The zero-order valence-corrected chi connectivity index (χ0v) is 11.0. The highest BCUT2D eigenvalue weighted by molar-refractivity contribution is 7.71. The van der Waals surface area contributed by atoms with Crippen LogP contribution in [0.1, 0.15) is 0 Å². The number of halogens is 3. The van der Waals surface area contributed by atoms with Crippen molar-refractivity contribution in [1.29, 1.82) is 0 Å². The summed E-state index contributed by atoms with van der Waals surface area (Å²) >= 11 is 11.3. The molecule has 0 atom stereocenters. The van der Waals surface area contributed by atoms with Crippen LogP contribution in [0.2, 0.25) is 5.02 Å². The summed E-state index contributed by atoms with van der Waals surface area (Å²) in [7, 11) is 0. The van der Waals surface area contributed by atoms with Crippen LogP contribution in [0.3, 0.4) is 0 Å². The van der Waals surface area contributed by atoms with Gasteiger partial charge < -0.3 is 4.98 Å². The summed E-state index contributed by atoms with van der Waals surface area (Å²) in [6.07, 6.45) is 0. The molecule has 1 N–H and O–H groups in total. The Kier molecular flexibility index (Phi) is 2.88. The number of benzene rings is 2. The van der Waals surface area contributed by atoms with Crippen LogP contribution in [0.5, 0.6) is 0 Å². The first kappa shape index (κ1) is 12.3. The number of nitrogens with one attached hydrogen (secondary N) is 1. The summed E-state index contributed by atoms with van der Waals surface area (Å²) in [6, 6.07) is 8.90. The van der Waals surface area contributed by atoms with Gasteiger partial charge in [-0.05, 0) is 36.5 Å². The largest absolute Gasteiger partial charge is 0.330 e. The number of H-pyrrole nitrogens is 1. The van der Waals surface area contributed by atoms with E-state index in [0.717, 1.165) is 17.6 Å². The van der Waals surface area contributed by atoms with Gasteiger partial charge in [0, 0.05) is 6.07 Å². The molecule has 0 aliphatic heterocycles. The van der Waals surface area contributed by atoms with Crippen molar-refractivity contribution in [3.8, 4) is 5.69 Å².